The minimum absolute atomic E-state index is 0.0521. The minimum Gasteiger partial charge on any atom is -0.300 e. The lowest BCUT2D eigenvalue weighted by atomic mass is 10.1. The zero-order valence-electron chi connectivity index (χ0n) is 8.61. The molecule has 0 bridgehead atoms. The van der Waals surface area contributed by atoms with Gasteiger partial charge in [0, 0.05) is 6.42 Å². The van der Waals surface area contributed by atoms with Crippen molar-refractivity contribution in [3.8, 4) is 0 Å². The maximum Gasteiger partial charge on any atom is 0.222 e. The van der Waals surface area contributed by atoms with E-state index in [2.05, 4.69) is 4.72 Å². The summed E-state index contributed by atoms with van der Waals surface area (Å²) in [5, 5.41) is 0. The van der Waals surface area contributed by atoms with E-state index in [0.29, 0.717) is 12.1 Å². The van der Waals surface area contributed by atoms with E-state index < -0.39 is 10.9 Å². The molecule has 4 nitrogen and oxygen atoms in total. The molecule has 0 spiro atoms. The second kappa shape index (κ2) is 4.93. The third-order valence-corrected chi connectivity index (χ3v) is 2.39. The van der Waals surface area contributed by atoms with E-state index in [1.165, 1.54) is 6.92 Å². The van der Waals surface area contributed by atoms with Gasteiger partial charge in [0.25, 0.3) is 0 Å². The van der Waals surface area contributed by atoms with Crippen molar-refractivity contribution in [2.24, 2.45) is 0 Å². The number of benzene rings is 1. The first kappa shape index (κ1) is 11.7. The average Bonchev–Trinajstić information content (AvgIpc) is 2.09. The molecule has 0 heterocycles. The third kappa shape index (κ3) is 3.71. The predicted molar refractivity (Wildman–Crippen MR) is 59.5 cm³/mol. The maximum atomic E-state index is 10.9. The molecule has 0 radical (unpaired) electrons. The fraction of sp³-hybridized carbons (Fsp3) is 0.300. The zero-order valence-corrected chi connectivity index (χ0v) is 9.51. The number of aryl methyl sites for hydroxylation is 1. The zero-order chi connectivity index (χ0) is 11.4. The molecule has 82 valence electrons. The van der Waals surface area contributed by atoms with Gasteiger partial charge in [0.05, 0.1) is 5.69 Å². The molecule has 0 fully saturated rings. The Bertz CT molecular complexity index is 444. The Morgan fingerprint density at radius 2 is 2.07 bits per heavy atom. The number of thiol groups is 1. The lowest BCUT2D eigenvalue weighted by Gasteiger charge is -2.06. The van der Waals surface area contributed by atoms with Crippen LogP contribution in [0.2, 0.25) is 0 Å². The summed E-state index contributed by atoms with van der Waals surface area (Å²) in [5.41, 5.74) is 2.18. The van der Waals surface area contributed by atoms with E-state index in [1.807, 2.05) is 6.07 Å². The van der Waals surface area contributed by atoms with Crippen molar-refractivity contribution in [3.05, 3.63) is 29.3 Å². The molecule has 0 saturated heterocycles. The monoisotopic (exact) mass is 227 g/mol. The predicted octanol–water partition coefficient (Wildman–Crippen LogP) is 1.06. The van der Waals surface area contributed by atoms with Crippen LogP contribution in [0.25, 0.3) is 0 Å². The normalized spacial score (nSPS) is 10.3. The molecule has 15 heavy (non-hydrogen) atoms. The highest BCUT2D eigenvalue weighted by Gasteiger charge is 2.02. The first-order chi connectivity index (χ1) is 6.99. The SMILES string of the molecule is CC(=O)Cc1ccc(C)c(N[SH](=O)=O)c1. The number of rotatable bonds is 4. The first-order valence-corrected chi connectivity index (χ1v) is 5.67. The molecule has 0 aliphatic carbocycles. The molecule has 1 aromatic carbocycles. The Balaban J connectivity index is 2.99. The lowest BCUT2D eigenvalue weighted by molar-refractivity contribution is -0.116. The summed E-state index contributed by atoms with van der Waals surface area (Å²) in [6.45, 7) is 3.31. The largest absolute Gasteiger partial charge is 0.300 e. The van der Waals surface area contributed by atoms with Crippen LogP contribution in [0.3, 0.4) is 0 Å². The summed E-state index contributed by atoms with van der Waals surface area (Å²) >= 11 is 0. The highest BCUT2D eigenvalue weighted by molar-refractivity contribution is 7.73. The number of hydrogen-bond acceptors (Lipinski definition) is 3. The van der Waals surface area contributed by atoms with E-state index in [0.717, 1.165) is 11.1 Å². The van der Waals surface area contributed by atoms with Crippen molar-refractivity contribution < 1.29 is 13.2 Å². The van der Waals surface area contributed by atoms with E-state index in [1.54, 1.807) is 19.1 Å². The second-order valence-electron chi connectivity index (χ2n) is 3.40. The molecule has 0 aliphatic heterocycles. The Morgan fingerprint density at radius 3 is 2.60 bits per heavy atom. The molecule has 0 aliphatic rings. The summed E-state index contributed by atoms with van der Waals surface area (Å²) < 4.78 is 23.4. The van der Waals surface area contributed by atoms with Crippen LogP contribution in [-0.4, -0.2) is 14.2 Å². The molecule has 1 rings (SSSR count). The third-order valence-electron chi connectivity index (χ3n) is 1.97. The standard InChI is InChI=1S/C10H13NO3S/c1-7-3-4-9(5-8(2)12)6-10(7)11-15(13)14/h3-4,6,15H,5H2,1-2H3,(H,11,13,14). The van der Waals surface area contributed by atoms with Crippen LogP contribution in [0.5, 0.6) is 0 Å². The van der Waals surface area contributed by atoms with E-state index in [9.17, 15) is 13.2 Å². The van der Waals surface area contributed by atoms with E-state index in [-0.39, 0.29) is 5.78 Å². The van der Waals surface area contributed by atoms with E-state index in [4.69, 9.17) is 0 Å². The van der Waals surface area contributed by atoms with Crippen molar-refractivity contribution in [2.75, 3.05) is 4.72 Å². The topological polar surface area (TPSA) is 63.2 Å². The van der Waals surface area contributed by atoms with Gasteiger partial charge in [0.15, 0.2) is 0 Å². The lowest BCUT2D eigenvalue weighted by Crippen LogP contribution is -2.01. The molecule has 0 saturated carbocycles. The minimum atomic E-state index is -2.66. The van der Waals surface area contributed by atoms with Gasteiger partial charge in [0.1, 0.15) is 5.78 Å². The van der Waals surface area contributed by atoms with Gasteiger partial charge in [-0.3, -0.25) is 9.52 Å². The summed E-state index contributed by atoms with van der Waals surface area (Å²) in [5.74, 6) is 0.0521. The van der Waals surface area contributed by atoms with Crippen molar-refractivity contribution in [3.63, 3.8) is 0 Å². The van der Waals surface area contributed by atoms with Gasteiger partial charge in [-0.2, -0.15) is 0 Å². The van der Waals surface area contributed by atoms with Crippen molar-refractivity contribution in [1.82, 2.24) is 0 Å². The van der Waals surface area contributed by atoms with Crippen molar-refractivity contribution in [2.45, 2.75) is 20.3 Å². The van der Waals surface area contributed by atoms with Crippen LogP contribution in [-0.2, 0) is 22.1 Å². The van der Waals surface area contributed by atoms with E-state index >= 15 is 0 Å². The van der Waals surface area contributed by atoms with Crippen LogP contribution >= 0.6 is 0 Å². The van der Waals surface area contributed by atoms with Crippen LogP contribution in [0, 0.1) is 6.92 Å². The molecule has 1 N–H and O–H groups in total. The number of carbonyl (C=O) groups is 1. The van der Waals surface area contributed by atoms with Gasteiger partial charge >= 0.3 is 0 Å². The van der Waals surface area contributed by atoms with Crippen LogP contribution in [0.15, 0.2) is 18.2 Å². The number of ketones is 1. The fourth-order valence-corrected chi connectivity index (χ4v) is 1.72. The van der Waals surface area contributed by atoms with Crippen molar-refractivity contribution in [1.29, 1.82) is 0 Å². The Hall–Kier alpha value is -1.36. The highest BCUT2D eigenvalue weighted by Crippen LogP contribution is 2.17. The molecule has 5 heteroatoms. The fourth-order valence-electron chi connectivity index (χ4n) is 1.29. The van der Waals surface area contributed by atoms with Gasteiger partial charge in [-0.15, -0.1) is 0 Å². The quantitative estimate of drug-likeness (QED) is 0.756. The second-order valence-corrected chi connectivity index (χ2v) is 4.13. The molecule has 0 aromatic heterocycles. The van der Waals surface area contributed by atoms with Gasteiger partial charge in [-0.1, -0.05) is 12.1 Å². The molecule has 0 atom stereocenters. The van der Waals surface area contributed by atoms with Gasteiger partial charge in [-0.05, 0) is 31.0 Å². The number of carbonyl (C=O) groups excluding carboxylic acids is 1. The molecular weight excluding hydrogens is 214 g/mol. The van der Waals surface area contributed by atoms with Gasteiger partial charge in [0.2, 0.25) is 10.9 Å². The number of hydrogen-bond donors (Lipinski definition) is 2. The van der Waals surface area contributed by atoms with Gasteiger partial charge < -0.3 is 0 Å². The summed E-state index contributed by atoms with van der Waals surface area (Å²) in [6, 6.07) is 5.29. The molecular formula is C10H13NO3S. The van der Waals surface area contributed by atoms with Crippen molar-refractivity contribution >= 4 is 22.4 Å². The number of Topliss-reactive ketones (excluding diaryl/α,β-unsaturated/α-hetero) is 1. The molecule has 0 unspecified atom stereocenters. The first-order valence-electron chi connectivity index (χ1n) is 4.49. The Morgan fingerprint density at radius 1 is 1.40 bits per heavy atom. The summed E-state index contributed by atoms with van der Waals surface area (Å²) in [6.07, 6.45) is 0.324. The number of nitrogens with one attached hydrogen (secondary N) is 1. The molecule has 0 amide bonds. The van der Waals surface area contributed by atoms with Crippen LogP contribution in [0.4, 0.5) is 5.69 Å². The Kier molecular flexibility index (Phi) is 3.85. The maximum absolute atomic E-state index is 10.9. The molecule has 1 aromatic rings. The Labute approximate surface area is 90.4 Å². The van der Waals surface area contributed by atoms with Gasteiger partial charge in [-0.25, -0.2) is 8.42 Å². The smallest absolute Gasteiger partial charge is 0.222 e. The average molecular weight is 227 g/mol. The summed E-state index contributed by atoms with van der Waals surface area (Å²) in [4.78, 5) is 10.9. The van der Waals surface area contributed by atoms with Crippen LogP contribution < -0.4 is 4.72 Å². The summed E-state index contributed by atoms with van der Waals surface area (Å²) in [7, 11) is -2.66. The highest BCUT2D eigenvalue weighted by atomic mass is 32.2. The van der Waals surface area contributed by atoms with Crippen LogP contribution in [0.1, 0.15) is 18.1 Å². The number of anilines is 1.